The molecule has 0 atom stereocenters. The first-order valence-corrected chi connectivity index (χ1v) is 11.1. The average molecular weight is 459 g/mol. The number of nitrogens with zero attached hydrogens (tertiary/aromatic N) is 1. The lowest BCUT2D eigenvalue weighted by Gasteiger charge is -2.23. The van der Waals surface area contributed by atoms with E-state index in [1.807, 2.05) is 12.1 Å². The van der Waals surface area contributed by atoms with E-state index < -0.39 is 0 Å². The number of methoxy groups -OCH3 is 5. The molecule has 0 radical (unpaired) electrons. The number of fused-ring (bicyclic) bond motifs is 4. The number of rotatable bonds is 6. The molecule has 1 aromatic heterocycles. The van der Waals surface area contributed by atoms with Crippen LogP contribution in [-0.2, 0) is 13.0 Å². The zero-order valence-corrected chi connectivity index (χ0v) is 20.1. The van der Waals surface area contributed by atoms with Gasteiger partial charge in [0.05, 0.1) is 52.1 Å². The predicted molar refractivity (Wildman–Crippen MR) is 131 cm³/mol. The second kappa shape index (κ2) is 8.78. The standard InChI is InChI=1S/C28H28NO5/c1-30-21-13-18-11-12-29-16-19-14-23(32-3)27(33-4)28(34-5)25(19)24(17-9-7-6-8-10-17)26(29)20(18)15-22(21)31-2/h6-10,13-16H,11-12H2,1-5H3/q+1. The average Bonchev–Trinajstić information content (AvgIpc) is 2.89. The maximum absolute atomic E-state index is 5.96. The quantitative estimate of drug-likeness (QED) is 0.378. The summed E-state index contributed by atoms with van der Waals surface area (Å²) in [4.78, 5) is 0. The van der Waals surface area contributed by atoms with Crippen LogP contribution in [0, 0.1) is 0 Å². The molecule has 0 amide bonds. The molecule has 5 rings (SSSR count). The Hall–Kier alpha value is -3.93. The Morgan fingerprint density at radius 1 is 0.706 bits per heavy atom. The number of aromatic nitrogens is 1. The molecule has 2 heterocycles. The van der Waals surface area contributed by atoms with Crippen LogP contribution >= 0.6 is 0 Å². The van der Waals surface area contributed by atoms with Gasteiger partial charge in [-0.25, -0.2) is 0 Å². The Kier molecular flexibility index (Phi) is 5.65. The lowest BCUT2D eigenvalue weighted by atomic mass is 9.88. The number of aryl methyl sites for hydroxylation is 2. The lowest BCUT2D eigenvalue weighted by Crippen LogP contribution is -2.40. The van der Waals surface area contributed by atoms with Crippen LogP contribution in [0.2, 0.25) is 0 Å². The molecular weight excluding hydrogens is 430 g/mol. The smallest absolute Gasteiger partial charge is 0.221 e. The van der Waals surface area contributed by atoms with Crippen molar-refractivity contribution in [3.05, 3.63) is 60.3 Å². The summed E-state index contributed by atoms with van der Waals surface area (Å²) >= 11 is 0. The van der Waals surface area contributed by atoms with Crippen LogP contribution in [0.3, 0.4) is 0 Å². The molecule has 1 aliphatic rings. The van der Waals surface area contributed by atoms with Gasteiger partial charge in [0.1, 0.15) is 0 Å². The molecule has 4 aromatic rings. The Morgan fingerprint density at radius 2 is 1.38 bits per heavy atom. The third-order valence-electron chi connectivity index (χ3n) is 6.48. The molecular formula is C28H28NO5+. The molecule has 0 unspecified atom stereocenters. The van der Waals surface area contributed by atoms with Gasteiger partial charge in [-0.15, -0.1) is 0 Å². The maximum Gasteiger partial charge on any atom is 0.221 e. The van der Waals surface area contributed by atoms with Gasteiger partial charge in [0.25, 0.3) is 0 Å². The van der Waals surface area contributed by atoms with Crippen LogP contribution in [0.5, 0.6) is 28.7 Å². The number of benzene rings is 3. The van der Waals surface area contributed by atoms with Gasteiger partial charge in [-0.3, -0.25) is 0 Å². The van der Waals surface area contributed by atoms with E-state index in [1.165, 1.54) is 5.56 Å². The van der Waals surface area contributed by atoms with E-state index in [1.54, 1.807) is 35.5 Å². The largest absolute Gasteiger partial charge is 0.493 e. The normalized spacial score (nSPS) is 12.0. The summed E-state index contributed by atoms with van der Waals surface area (Å²) in [5.41, 5.74) is 5.59. The first-order chi connectivity index (χ1) is 16.6. The molecule has 0 saturated heterocycles. The zero-order chi connectivity index (χ0) is 23.8. The minimum atomic E-state index is 0.572. The van der Waals surface area contributed by atoms with Crippen LogP contribution in [0.15, 0.2) is 54.7 Å². The molecule has 0 spiro atoms. The van der Waals surface area contributed by atoms with Gasteiger partial charge in [0, 0.05) is 11.8 Å². The van der Waals surface area contributed by atoms with Crippen molar-refractivity contribution < 1.29 is 28.3 Å². The number of hydrogen-bond donors (Lipinski definition) is 0. The van der Waals surface area contributed by atoms with E-state index in [2.05, 4.69) is 47.2 Å². The van der Waals surface area contributed by atoms with Crippen LogP contribution in [0.4, 0.5) is 0 Å². The van der Waals surface area contributed by atoms with Gasteiger partial charge in [0.2, 0.25) is 11.4 Å². The van der Waals surface area contributed by atoms with E-state index in [-0.39, 0.29) is 0 Å². The number of ether oxygens (including phenoxy) is 5. The maximum atomic E-state index is 5.96. The summed E-state index contributed by atoms with van der Waals surface area (Å²) < 4.78 is 30.9. The topological polar surface area (TPSA) is 50.0 Å². The van der Waals surface area contributed by atoms with Crippen molar-refractivity contribution in [2.45, 2.75) is 13.0 Å². The summed E-state index contributed by atoms with van der Waals surface area (Å²) in [6, 6.07) is 16.6. The van der Waals surface area contributed by atoms with Crippen molar-refractivity contribution in [2.75, 3.05) is 35.5 Å². The number of hydrogen-bond acceptors (Lipinski definition) is 5. The molecule has 0 bridgehead atoms. The second-order valence-electron chi connectivity index (χ2n) is 8.14. The van der Waals surface area contributed by atoms with Crippen molar-refractivity contribution in [3.63, 3.8) is 0 Å². The Labute approximate surface area is 199 Å². The third kappa shape index (κ3) is 3.29. The van der Waals surface area contributed by atoms with Gasteiger partial charge in [0.15, 0.2) is 35.7 Å². The van der Waals surface area contributed by atoms with E-state index in [9.17, 15) is 0 Å². The molecule has 174 valence electrons. The van der Waals surface area contributed by atoms with Gasteiger partial charge >= 0.3 is 0 Å². The van der Waals surface area contributed by atoms with Crippen molar-refractivity contribution in [2.24, 2.45) is 0 Å². The minimum absolute atomic E-state index is 0.572. The zero-order valence-electron chi connectivity index (χ0n) is 20.1. The Balaban J connectivity index is 1.97. The summed E-state index contributed by atoms with van der Waals surface area (Å²) in [5, 5.41) is 1.99. The van der Waals surface area contributed by atoms with Crippen LogP contribution < -0.4 is 28.3 Å². The summed E-state index contributed by atoms with van der Waals surface area (Å²) in [6.07, 6.45) is 3.05. The van der Waals surface area contributed by atoms with Gasteiger partial charge in [-0.05, 0) is 29.3 Å². The van der Waals surface area contributed by atoms with E-state index >= 15 is 0 Å². The monoisotopic (exact) mass is 458 g/mol. The third-order valence-corrected chi connectivity index (χ3v) is 6.48. The first kappa shape index (κ1) is 21.9. The van der Waals surface area contributed by atoms with Crippen molar-refractivity contribution in [3.8, 4) is 51.1 Å². The van der Waals surface area contributed by atoms with Crippen molar-refractivity contribution in [1.29, 1.82) is 0 Å². The lowest BCUT2D eigenvalue weighted by molar-refractivity contribution is -0.685. The fourth-order valence-corrected chi connectivity index (χ4v) is 4.97. The second-order valence-corrected chi connectivity index (χ2v) is 8.14. The molecule has 6 nitrogen and oxygen atoms in total. The van der Waals surface area contributed by atoms with Gasteiger partial charge in [-0.2, -0.15) is 4.57 Å². The fourth-order valence-electron chi connectivity index (χ4n) is 4.97. The van der Waals surface area contributed by atoms with Gasteiger partial charge < -0.3 is 23.7 Å². The highest BCUT2D eigenvalue weighted by Gasteiger charge is 2.33. The van der Waals surface area contributed by atoms with Gasteiger partial charge in [-0.1, -0.05) is 30.3 Å². The molecule has 3 aromatic carbocycles. The number of pyridine rings is 1. The molecule has 6 heteroatoms. The molecule has 0 fully saturated rings. The van der Waals surface area contributed by atoms with Crippen LogP contribution in [0.1, 0.15) is 5.56 Å². The van der Waals surface area contributed by atoms with E-state index in [4.69, 9.17) is 23.7 Å². The van der Waals surface area contributed by atoms with Crippen molar-refractivity contribution in [1.82, 2.24) is 0 Å². The highest BCUT2D eigenvalue weighted by molar-refractivity contribution is 6.07. The Morgan fingerprint density at radius 3 is 2.03 bits per heavy atom. The molecule has 0 N–H and O–H groups in total. The predicted octanol–water partition coefficient (Wildman–Crippen LogP) is 5.06. The van der Waals surface area contributed by atoms with E-state index in [0.717, 1.165) is 51.9 Å². The van der Waals surface area contributed by atoms with Crippen LogP contribution in [0.25, 0.3) is 33.2 Å². The highest BCUT2D eigenvalue weighted by Crippen LogP contribution is 2.50. The molecule has 34 heavy (non-hydrogen) atoms. The van der Waals surface area contributed by atoms with E-state index in [0.29, 0.717) is 23.0 Å². The summed E-state index contributed by atoms with van der Waals surface area (Å²) in [6.45, 7) is 0.838. The molecule has 0 aliphatic carbocycles. The summed E-state index contributed by atoms with van der Waals surface area (Å²) in [7, 11) is 8.28. The van der Waals surface area contributed by atoms with Crippen molar-refractivity contribution >= 4 is 10.8 Å². The van der Waals surface area contributed by atoms with Crippen LogP contribution in [-0.4, -0.2) is 35.5 Å². The molecule has 0 saturated carbocycles. The first-order valence-electron chi connectivity index (χ1n) is 11.1. The fraction of sp³-hybridized carbons (Fsp3) is 0.250. The SMILES string of the molecule is COc1cc2c(cc1OC)-c1c(-c3ccccc3)c3c(OC)c(OC)c(OC)cc3c[n+]1CC2. The highest BCUT2D eigenvalue weighted by atomic mass is 16.5. The summed E-state index contributed by atoms with van der Waals surface area (Å²) in [5.74, 6) is 3.29. The Bertz CT molecular complexity index is 1380. The minimum Gasteiger partial charge on any atom is -0.493 e. The molecule has 1 aliphatic heterocycles.